The first kappa shape index (κ1) is 22.7. The van der Waals surface area contributed by atoms with E-state index in [9.17, 15) is 13.2 Å². The first-order valence-electron chi connectivity index (χ1n) is 10.1. The molecule has 0 saturated carbocycles. The van der Waals surface area contributed by atoms with E-state index < -0.39 is 10.0 Å². The van der Waals surface area contributed by atoms with Gasteiger partial charge < -0.3 is 5.32 Å². The minimum absolute atomic E-state index is 0.0666. The van der Waals surface area contributed by atoms with E-state index in [0.717, 1.165) is 22.5 Å². The topological polar surface area (TPSA) is 93.1 Å². The third-order valence-electron chi connectivity index (χ3n) is 4.93. The van der Waals surface area contributed by atoms with Gasteiger partial charge in [-0.15, -0.1) is 0 Å². The van der Waals surface area contributed by atoms with Gasteiger partial charge in [-0.3, -0.25) is 9.48 Å². The molecule has 1 heterocycles. The molecule has 1 amide bonds. The average molecular weight is 441 g/mol. The SMILES string of the molecule is Cc1nn(Cc2ccccc2)c(C)c1CNC(=O)c1cccc(S(=O)(=O)NC(C)C)c1. The molecular formula is C23H28N4O3S. The number of nitrogens with one attached hydrogen (secondary N) is 2. The molecule has 0 saturated heterocycles. The van der Waals surface area contributed by atoms with E-state index in [4.69, 9.17) is 0 Å². The largest absolute Gasteiger partial charge is 0.348 e. The van der Waals surface area contributed by atoms with Gasteiger partial charge in [-0.25, -0.2) is 13.1 Å². The molecule has 8 heteroatoms. The highest BCUT2D eigenvalue weighted by Gasteiger charge is 2.18. The lowest BCUT2D eigenvalue weighted by molar-refractivity contribution is 0.0950. The van der Waals surface area contributed by atoms with Crippen LogP contribution in [0.15, 0.2) is 59.5 Å². The molecule has 31 heavy (non-hydrogen) atoms. The molecule has 7 nitrogen and oxygen atoms in total. The van der Waals surface area contributed by atoms with Crippen LogP contribution in [0.2, 0.25) is 0 Å². The van der Waals surface area contributed by atoms with Crippen molar-refractivity contribution in [1.29, 1.82) is 0 Å². The van der Waals surface area contributed by atoms with Crippen LogP contribution in [-0.4, -0.2) is 30.1 Å². The van der Waals surface area contributed by atoms with Crippen LogP contribution < -0.4 is 10.0 Å². The summed E-state index contributed by atoms with van der Waals surface area (Å²) in [6, 6.07) is 15.9. The van der Waals surface area contributed by atoms with Crippen molar-refractivity contribution in [3.05, 3.63) is 82.7 Å². The maximum atomic E-state index is 12.7. The first-order chi connectivity index (χ1) is 14.7. The van der Waals surface area contributed by atoms with Crippen molar-refractivity contribution in [2.24, 2.45) is 0 Å². The molecule has 0 radical (unpaired) electrons. The van der Waals surface area contributed by atoms with Crippen molar-refractivity contribution in [2.45, 2.75) is 51.7 Å². The molecule has 1 aromatic heterocycles. The Hall–Kier alpha value is -2.97. The van der Waals surface area contributed by atoms with Crippen molar-refractivity contribution in [3.63, 3.8) is 0 Å². The third kappa shape index (κ3) is 5.59. The highest BCUT2D eigenvalue weighted by atomic mass is 32.2. The van der Waals surface area contributed by atoms with Crippen molar-refractivity contribution >= 4 is 15.9 Å². The van der Waals surface area contributed by atoms with E-state index in [0.29, 0.717) is 18.7 Å². The molecule has 0 bridgehead atoms. The van der Waals surface area contributed by atoms with Gasteiger partial charge >= 0.3 is 0 Å². The van der Waals surface area contributed by atoms with Crippen molar-refractivity contribution < 1.29 is 13.2 Å². The maximum absolute atomic E-state index is 12.7. The molecule has 3 rings (SSSR count). The Morgan fingerprint density at radius 2 is 1.77 bits per heavy atom. The van der Waals surface area contributed by atoms with Crippen molar-refractivity contribution in [2.75, 3.05) is 0 Å². The summed E-state index contributed by atoms with van der Waals surface area (Å²) in [5, 5.41) is 7.49. The van der Waals surface area contributed by atoms with E-state index in [1.54, 1.807) is 26.0 Å². The van der Waals surface area contributed by atoms with Gasteiger partial charge in [0.1, 0.15) is 0 Å². The number of aromatic nitrogens is 2. The molecule has 0 atom stereocenters. The Morgan fingerprint density at radius 3 is 2.45 bits per heavy atom. The van der Waals surface area contributed by atoms with Crippen LogP contribution in [0.3, 0.4) is 0 Å². The van der Waals surface area contributed by atoms with Gasteiger partial charge in [0.05, 0.1) is 17.1 Å². The Labute approximate surface area is 183 Å². The fraction of sp³-hybridized carbons (Fsp3) is 0.304. The molecule has 0 aliphatic rings. The fourth-order valence-electron chi connectivity index (χ4n) is 3.35. The summed E-state index contributed by atoms with van der Waals surface area (Å²) in [6.45, 7) is 8.36. The number of hydrogen-bond donors (Lipinski definition) is 2. The standard InChI is InChI=1S/C23H28N4O3S/c1-16(2)26-31(29,30)21-12-8-11-20(13-21)23(28)24-14-22-17(3)25-27(18(22)4)15-19-9-6-5-7-10-19/h5-13,16,26H,14-15H2,1-4H3,(H,24,28). The van der Waals surface area contributed by atoms with E-state index >= 15 is 0 Å². The average Bonchev–Trinajstić information content (AvgIpc) is 2.98. The second-order valence-corrected chi connectivity index (χ2v) is 9.49. The number of amides is 1. The van der Waals surface area contributed by atoms with Gasteiger partial charge in [0.25, 0.3) is 5.91 Å². The van der Waals surface area contributed by atoms with Crippen molar-refractivity contribution in [3.8, 4) is 0 Å². The van der Waals surface area contributed by atoms with E-state index in [-0.39, 0.29) is 16.8 Å². The minimum Gasteiger partial charge on any atom is -0.348 e. The van der Waals surface area contributed by atoms with E-state index in [2.05, 4.69) is 15.1 Å². The fourth-order valence-corrected chi connectivity index (χ4v) is 4.65. The van der Waals surface area contributed by atoms with Gasteiger partial charge in [0, 0.05) is 29.4 Å². The van der Waals surface area contributed by atoms with Gasteiger partial charge in [-0.05, 0) is 51.5 Å². The van der Waals surface area contributed by atoms with E-state index in [1.807, 2.05) is 48.9 Å². The zero-order chi connectivity index (χ0) is 22.6. The normalized spacial score (nSPS) is 11.6. The molecule has 0 unspecified atom stereocenters. The zero-order valence-corrected chi connectivity index (χ0v) is 19.0. The third-order valence-corrected chi connectivity index (χ3v) is 6.59. The van der Waals surface area contributed by atoms with Crippen LogP contribution in [0.1, 0.15) is 46.7 Å². The summed E-state index contributed by atoms with van der Waals surface area (Å²) in [5.41, 5.74) is 4.23. The molecule has 2 N–H and O–H groups in total. The number of carbonyl (C=O) groups is 1. The number of hydrogen-bond acceptors (Lipinski definition) is 4. The van der Waals surface area contributed by atoms with Gasteiger partial charge in [0.15, 0.2) is 0 Å². The molecule has 3 aromatic rings. The van der Waals surface area contributed by atoms with Crippen LogP contribution in [0.5, 0.6) is 0 Å². The molecule has 0 spiro atoms. The Balaban J connectivity index is 1.72. The smallest absolute Gasteiger partial charge is 0.251 e. The van der Waals surface area contributed by atoms with Gasteiger partial charge in [0.2, 0.25) is 10.0 Å². The highest BCUT2D eigenvalue weighted by molar-refractivity contribution is 7.89. The number of benzene rings is 2. The van der Waals surface area contributed by atoms with Gasteiger partial charge in [-0.1, -0.05) is 36.4 Å². The van der Waals surface area contributed by atoms with Crippen molar-refractivity contribution in [1.82, 2.24) is 19.8 Å². The molecular weight excluding hydrogens is 412 g/mol. The second-order valence-electron chi connectivity index (χ2n) is 7.78. The second kappa shape index (κ2) is 9.45. The number of rotatable bonds is 8. The molecule has 0 fully saturated rings. The molecule has 164 valence electrons. The summed E-state index contributed by atoms with van der Waals surface area (Å²) in [7, 11) is -3.67. The Kier molecular flexibility index (Phi) is 6.92. The number of carbonyl (C=O) groups excluding carboxylic acids is 1. The van der Waals surface area contributed by atoms with Crippen LogP contribution in [0, 0.1) is 13.8 Å². The summed E-state index contributed by atoms with van der Waals surface area (Å²) >= 11 is 0. The Morgan fingerprint density at radius 1 is 1.06 bits per heavy atom. The molecule has 0 aliphatic heterocycles. The lowest BCUT2D eigenvalue weighted by atomic mass is 10.1. The maximum Gasteiger partial charge on any atom is 0.251 e. The summed E-state index contributed by atoms with van der Waals surface area (Å²) in [5.74, 6) is -0.337. The first-order valence-corrected chi connectivity index (χ1v) is 11.6. The lowest BCUT2D eigenvalue weighted by Gasteiger charge is -2.11. The van der Waals surface area contributed by atoms with Crippen LogP contribution in [0.4, 0.5) is 0 Å². The highest BCUT2D eigenvalue weighted by Crippen LogP contribution is 2.16. The molecule has 0 aliphatic carbocycles. The number of aryl methyl sites for hydroxylation is 1. The predicted molar refractivity (Wildman–Crippen MR) is 120 cm³/mol. The summed E-state index contributed by atoms with van der Waals surface area (Å²) in [4.78, 5) is 12.8. The lowest BCUT2D eigenvalue weighted by Crippen LogP contribution is -2.30. The van der Waals surface area contributed by atoms with E-state index in [1.165, 1.54) is 12.1 Å². The zero-order valence-electron chi connectivity index (χ0n) is 18.2. The molecule has 2 aromatic carbocycles. The number of nitrogens with zero attached hydrogens (tertiary/aromatic N) is 2. The van der Waals surface area contributed by atoms with Crippen LogP contribution >= 0.6 is 0 Å². The number of sulfonamides is 1. The van der Waals surface area contributed by atoms with Crippen LogP contribution in [-0.2, 0) is 23.1 Å². The Bertz CT molecular complexity index is 1170. The predicted octanol–water partition coefficient (Wildman–Crippen LogP) is 3.16. The summed E-state index contributed by atoms with van der Waals surface area (Å²) in [6.07, 6.45) is 0. The van der Waals surface area contributed by atoms with Gasteiger partial charge in [-0.2, -0.15) is 5.10 Å². The summed E-state index contributed by atoms with van der Waals surface area (Å²) < 4.78 is 29.2. The minimum atomic E-state index is -3.67. The quantitative estimate of drug-likeness (QED) is 0.563. The van der Waals surface area contributed by atoms with Crippen LogP contribution in [0.25, 0.3) is 0 Å². The monoisotopic (exact) mass is 440 g/mol.